The van der Waals surface area contributed by atoms with Crippen LogP contribution < -0.4 is 19.1 Å². The van der Waals surface area contributed by atoms with Crippen LogP contribution in [-0.4, -0.2) is 56.0 Å². The van der Waals surface area contributed by atoms with Crippen LogP contribution in [0, 0.1) is 0 Å². The Labute approximate surface area is 227 Å². The van der Waals surface area contributed by atoms with Crippen LogP contribution >= 0.6 is 11.3 Å². The molecule has 0 spiro atoms. The summed E-state index contributed by atoms with van der Waals surface area (Å²) >= 11 is 1.35. The monoisotopic (exact) mass is 537 g/mol. The Morgan fingerprint density at radius 3 is 2.21 bits per heavy atom. The summed E-state index contributed by atoms with van der Waals surface area (Å²) < 4.78 is 17.8. The summed E-state index contributed by atoms with van der Waals surface area (Å²) in [6.45, 7) is 3.28. The molecule has 0 radical (unpaired) electrons. The van der Waals surface area contributed by atoms with Crippen molar-refractivity contribution in [2.75, 3.05) is 44.4 Å². The van der Waals surface area contributed by atoms with Crippen molar-refractivity contribution in [3.8, 4) is 17.2 Å². The number of unbranched alkanes of at least 4 members (excludes halogenated alkanes) is 2. The molecule has 3 aromatic rings. The Hall–Kier alpha value is -3.33. The highest BCUT2D eigenvalue weighted by Gasteiger charge is 2.23. The van der Waals surface area contributed by atoms with E-state index in [1.54, 1.807) is 0 Å². The summed E-state index contributed by atoms with van der Waals surface area (Å²) in [6.07, 6.45) is 7.97. The SMILES string of the molecule is O=Cc1sc(C=Cc2ccc(N(CCCCO)CCCCO)cc2OCc2ccccc2)c2c1OCCO2. The molecule has 0 aliphatic carbocycles. The van der Waals surface area contributed by atoms with Gasteiger partial charge in [-0.15, -0.1) is 11.3 Å². The van der Waals surface area contributed by atoms with Crippen LogP contribution in [0.15, 0.2) is 48.5 Å². The van der Waals surface area contributed by atoms with Crippen LogP contribution in [0.25, 0.3) is 12.2 Å². The molecule has 202 valence electrons. The number of aliphatic hydroxyl groups is 2. The molecular formula is C30H35NO6S. The molecule has 4 rings (SSSR count). The van der Waals surface area contributed by atoms with Crippen molar-refractivity contribution in [2.45, 2.75) is 32.3 Å². The minimum absolute atomic E-state index is 0.173. The molecule has 1 aromatic heterocycles. The summed E-state index contributed by atoms with van der Waals surface area (Å²) in [5.41, 5.74) is 3.01. The Morgan fingerprint density at radius 2 is 1.55 bits per heavy atom. The molecular weight excluding hydrogens is 502 g/mol. The van der Waals surface area contributed by atoms with Gasteiger partial charge in [-0.3, -0.25) is 4.79 Å². The highest BCUT2D eigenvalue weighted by atomic mass is 32.1. The second kappa shape index (κ2) is 14.6. The molecule has 0 bridgehead atoms. The summed E-state index contributed by atoms with van der Waals surface area (Å²) in [4.78, 5) is 15.2. The second-order valence-electron chi connectivity index (χ2n) is 8.98. The highest BCUT2D eigenvalue weighted by molar-refractivity contribution is 7.15. The number of ether oxygens (including phenoxy) is 3. The van der Waals surface area contributed by atoms with Gasteiger partial charge < -0.3 is 29.3 Å². The van der Waals surface area contributed by atoms with Crippen LogP contribution in [0.2, 0.25) is 0 Å². The van der Waals surface area contributed by atoms with E-state index >= 15 is 0 Å². The molecule has 0 unspecified atom stereocenters. The van der Waals surface area contributed by atoms with Gasteiger partial charge in [0.15, 0.2) is 17.8 Å². The zero-order valence-corrected chi connectivity index (χ0v) is 22.3. The van der Waals surface area contributed by atoms with Gasteiger partial charge in [0.2, 0.25) is 0 Å². The van der Waals surface area contributed by atoms with Crippen LogP contribution in [0.1, 0.15) is 51.4 Å². The molecule has 2 heterocycles. The lowest BCUT2D eigenvalue weighted by Crippen LogP contribution is -2.26. The topological polar surface area (TPSA) is 88.5 Å². The van der Waals surface area contributed by atoms with Gasteiger partial charge in [-0.2, -0.15) is 0 Å². The zero-order valence-electron chi connectivity index (χ0n) is 21.5. The van der Waals surface area contributed by atoms with E-state index in [1.165, 1.54) is 11.3 Å². The van der Waals surface area contributed by atoms with E-state index in [2.05, 4.69) is 17.0 Å². The third-order valence-electron chi connectivity index (χ3n) is 6.24. The Bertz CT molecular complexity index is 1180. The fraction of sp³-hybridized carbons (Fsp3) is 0.367. The summed E-state index contributed by atoms with van der Waals surface area (Å²) in [6, 6.07) is 16.2. The largest absolute Gasteiger partial charge is 0.488 e. The first kappa shape index (κ1) is 27.7. The van der Waals surface area contributed by atoms with Gasteiger partial charge in [0, 0.05) is 43.6 Å². The maximum Gasteiger partial charge on any atom is 0.183 e. The van der Waals surface area contributed by atoms with Crippen LogP contribution in [0.5, 0.6) is 17.2 Å². The number of thiophene rings is 1. The molecule has 0 fully saturated rings. The van der Waals surface area contributed by atoms with Crippen molar-refractivity contribution in [2.24, 2.45) is 0 Å². The average Bonchev–Trinajstić information content (AvgIpc) is 3.33. The molecule has 2 N–H and O–H groups in total. The molecule has 0 saturated carbocycles. The van der Waals surface area contributed by atoms with Gasteiger partial charge in [0.1, 0.15) is 30.4 Å². The van der Waals surface area contributed by atoms with Gasteiger partial charge in [-0.1, -0.05) is 30.3 Å². The van der Waals surface area contributed by atoms with Gasteiger partial charge >= 0.3 is 0 Å². The molecule has 0 saturated heterocycles. The van der Waals surface area contributed by atoms with E-state index in [1.807, 2.05) is 48.6 Å². The van der Waals surface area contributed by atoms with Crippen molar-refractivity contribution in [1.29, 1.82) is 0 Å². The maximum absolute atomic E-state index is 11.5. The highest BCUT2D eigenvalue weighted by Crippen LogP contribution is 2.44. The van der Waals surface area contributed by atoms with E-state index in [-0.39, 0.29) is 13.2 Å². The number of aldehydes is 1. The van der Waals surface area contributed by atoms with Crippen LogP contribution in [0.4, 0.5) is 5.69 Å². The predicted octanol–water partition coefficient (Wildman–Crippen LogP) is 5.43. The predicted molar refractivity (Wildman–Crippen MR) is 152 cm³/mol. The number of fused-ring (bicyclic) bond motifs is 1. The number of carbonyl (C=O) groups excluding carboxylic acids is 1. The fourth-order valence-corrected chi connectivity index (χ4v) is 5.17. The third-order valence-corrected chi connectivity index (χ3v) is 7.29. The lowest BCUT2D eigenvalue weighted by molar-refractivity contribution is 0.111. The maximum atomic E-state index is 11.5. The molecule has 0 atom stereocenters. The Morgan fingerprint density at radius 1 is 0.868 bits per heavy atom. The van der Waals surface area contributed by atoms with Gasteiger partial charge in [0.05, 0.1) is 4.88 Å². The smallest absolute Gasteiger partial charge is 0.183 e. The number of anilines is 1. The number of rotatable bonds is 15. The van der Waals surface area contributed by atoms with Crippen LogP contribution in [-0.2, 0) is 6.61 Å². The van der Waals surface area contributed by atoms with Crippen molar-refractivity contribution in [3.05, 3.63) is 69.4 Å². The van der Waals surface area contributed by atoms with Crippen molar-refractivity contribution in [3.63, 3.8) is 0 Å². The first-order chi connectivity index (χ1) is 18.7. The molecule has 8 heteroatoms. The lowest BCUT2D eigenvalue weighted by Gasteiger charge is -2.26. The summed E-state index contributed by atoms with van der Waals surface area (Å²) in [5, 5.41) is 18.5. The van der Waals surface area contributed by atoms with Crippen LogP contribution in [0.3, 0.4) is 0 Å². The number of hydrogen-bond donors (Lipinski definition) is 2. The summed E-state index contributed by atoms with van der Waals surface area (Å²) in [7, 11) is 0. The van der Waals surface area contributed by atoms with E-state index < -0.39 is 0 Å². The minimum Gasteiger partial charge on any atom is -0.488 e. The fourth-order valence-electron chi connectivity index (χ4n) is 4.27. The Balaban J connectivity index is 1.62. The molecule has 0 amide bonds. The number of aliphatic hydroxyl groups excluding tert-OH is 2. The van der Waals surface area contributed by atoms with Crippen molar-refractivity contribution < 1.29 is 29.2 Å². The van der Waals surface area contributed by atoms with Gasteiger partial charge in [0.25, 0.3) is 0 Å². The quantitative estimate of drug-likeness (QED) is 0.197. The van der Waals surface area contributed by atoms with Gasteiger partial charge in [-0.05, 0) is 55.5 Å². The second-order valence-corrected chi connectivity index (χ2v) is 10.1. The molecule has 38 heavy (non-hydrogen) atoms. The normalized spacial score (nSPS) is 12.6. The molecule has 7 nitrogen and oxygen atoms in total. The lowest BCUT2D eigenvalue weighted by atomic mass is 10.1. The molecule has 2 aromatic carbocycles. The Kier molecular flexibility index (Phi) is 10.6. The van der Waals surface area contributed by atoms with Gasteiger partial charge in [-0.25, -0.2) is 0 Å². The van der Waals surface area contributed by atoms with E-state index in [4.69, 9.17) is 14.2 Å². The first-order valence-corrected chi connectivity index (χ1v) is 13.9. The van der Waals surface area contributed by atoms with E-state index in [0.29, 0.717) is 36.2 Å². The number of hydrogen-bond acceptors (Lipinski definition) is 8. The van der Waals surface area contributed by atoms with Crippen molar-refractivity contribution in [1.82, 2.24) is 0 Å². The minimum atomic E-state index is 0.173. The number of nitrogens with zero attached hydrogens (tertiary/aromatic N) is 1. The number of benzene rings is 2. The van der Waals surface area contributed by atoms with Crippen molar-refractivity contribution >= 4 is 35.5 Å². The summed E-state index contributed by atoms with van der Waals surface area (Å²) in [5.74, 6) is 1.88. The molecule has 1 aliphatic rings. The standard InChI is InChI=1S/C30H35NO6S/c32-16-6-4-14-31(15-5-7-17-33)25-12-10-24(26(20-25)37-22-23-8-2-1-3-9-23)11-13-27-29-30(28(21-34)38-27)36-19-18-35-29/h1-3,8-13,20-21,32-33H,4-7,14-19,22H2. The number of carbonyl (C=O) groups is 1. The zero-order chi connectivity index (χ0) is 26.6. The average molecular weight is 538 g/mol. The van der Waals surface area contributed by atoms with E-state index in [0.717, 1.165) is 72.5 Å². The first-order valence-electron chi connectivity index (χ1n) is 13.1. The molecule has 1 aliphatic heterocycles. The third kappa shape index (κ3) is 7.37. The van der Waals surface area contributed by atoms with E-state index in [9.17, 15) is 15.0 Å².